The molecular formula is C16H22N2O2S. The number of aromatic nitrogens is 1. The minimum atomic E-state index is 0.495. The van der Waals surface area contributed by atoms with Gasteiger partial charge in [-0.05, 0) is 38.1 Å². The molecule has 2 aromatic rings. The second-order valence-electron chi connectivity index (χ2n) is 4.93. The number of aryl methyl sites for hydroxylation is 1. The number of ether oxygens (including phenoxy) is 2. The largest absolute Gasteiger partial charge is 0.486 e. The van der Waals surface area contributed by atoms with E-state index in [1.807, 2.05) is 19.2 Å². The minimum Gasteiger partial charge on any atom is -0.486 e. The maximum absolute atomic E-state index is 5.91. The van der Waals surface area contributed by atoms with Gasteiger partial charge in [0, 0.05) is 18.5 Å². The molecule has 5 heteroatoms. The zero-order valence-electron chi connectivity index (χ0n) is 13.0. The summed E-state index contributed by atoms with van der Waals surface area (Å²) in [7, 11) is 3.62. The first kappa shape index (κ1) is 15.9. The average Bonchev–Trinajstić information content (AvgIpc) is 2.84. The Morgan fingerprint density at radius 3 is 2.76 bits per heavy atom. The van der Waals surface area contributed by atoms with E-state index in [-0.39, 0.29) is 0 Å². The van der Waals surface area contributed by atoms with Crippen LogP contribution in [0.2, 0.25) is 0 Å². The monoisotopic (exact) mass is 306 g/mol. The van der Waals surface area contributed by atoms with Crippen LogP contribution in [0.1, 0.15) is 26.7 Å². The van der Waals surface area contributed by atoms with Gasteiger partial charge in [-0.1, -0.05) is 12.1 Å². The fraction of sp³-hybridized carbons (Fsp3) is 0.438. The number of rotatable bonds is 7. The Balaban J connectivity index is 2.09. The Labute approximate surface area is 130 Å². The van der Waals surface area contributed by atoms with E-state index in [1.54, 1.807) is 18.4 Å². The summed E-state index contributed by atoms with van der Waals surface area (Å²) in [5.41, 5.74) is 3.42. The van der Waals surface area contributed by atoms with Gasteiger partial charge in [0.05, 0.1) is 12.3 Å². The van der Waals surface area contributed by atoms with Crippen LogP contribution in [-0.2, 0) is 24.5 Å². The van der Waals surface area contributed by atoms with Gasteiger partial charge in [0.15, 0.2) is 0 Å². The molecule has 0 bridgehead atoms. The van der Waals surface area contributed by atoms with Crippen LogP contribution in [0.4, 0.5) is 0 Å². The van der Waals surface area contributed by atoms with Gasteiger partial charge in [-0.3, -0.25) is 0 Å². The summed E-state index contributed by atoms with van der Waals surface area (Å²) in [5, 5.41) is 4.14. The van der Waals surface area contributed by atoms with Crippen LogP contribution in [0.3, 0.4) is 0 Å². The summed E-state index contributed by atoms with van der Waals surface area (Å²) in [4.78, 5) is 5.82. The molecule has 1 heterocycles. The molecule has 114 valence electrons. The predicted molar refractivity (Wildman–Crippen MR) is 85.8 cm³/mol. The first-order valence-corrected chi connectivity index (χ1v) is 7.77. The van der Waals surface area contributed by atoms with Gasteiger partial charge in [0.1, 0.15) is 17.4 Å². The molecule has 0 aliphatic carbocycles. The highest BCUT2D eigenvalue weighted by Crippen LogP contribution is 2.24. The summed E-state index contributed by atoms with van der Waals surface area (Å²) in [6.45, 7) is 6.01. The van der Waals surface area contributed by atoms with Gasteiger partial charge in [-0.15, -0.1) is 11.3 Å². The van der Waals surface area contributed by atoms with Crippen molar-refractivity contribution in [2.24, 2.45) is 0 Å². The van der Waals surface area contributed by atoms with Gasteiger partial charge in [-0.25, -0.2) is 4.98 Å². The Morgan fingerprint density at radius 2 is 2.05 bits per heavy atom. The van der Waals surface area contributed by atoms with Crippen molar-refractivity contribution in [3.63, 3.8) is 0 Å². The van der Waals surface area contributed by atoms with Crippen molar-refractivity contribution in [3.05, 3.63) is 44.9 Å². The van der Waals surface area contributed by atoms with Crippen molar-refractivity contribution in [2.45, 2.75) is 33.6 Å². The molecule has 1 N–H and O–H groups in total. The van der Waals surface area contributed by atoms with Crippen molar-refractivity contribution in [1.82, 2.24) is 10.3 Å². The molecular weight excluding hydrogens is 284 g/mol. The lowest BCUT2D eigenvalue weighted by atomic mass is 10.1. The third-order valence-electron chi connectivity index (χ3n) is 3.35. The normalized spacial score (nSPS) is 10.9. The zero-order chi connectivity index (χ0) is 15.2. The van der Waals surface area contributed by atoms with Crippen molar-refractivity contribution >= 4 is 11.3 Å². The lowest BCUT2D eigenvalue weighted by molar-refractivity contribution is 0.180. The summed E-state index contributed by atoms with van der Waals surface area (Å²) in [5.74, 6) is 0.925. The second kappa shape index (κ2) is 7.54. The Morgan fingerprint density at radius 1 is 1.24 bits per heavy atom. The maximum Gasteiger partial charge on any atom is 0.140 e. The molecule has 0 unspecified atom stereocenters. The van der Waals surface area contributed by atoms with E-state index < -0.39 is 0 Å². The van der Waals surface area contributed by atoms with E-state index in [9.17, 15) is 0 Å². The Kier molecular flexibility index (Phi) is 5.73. The molecule has 0 fully saturated rings. The smallest absolute Gasteiger partial charge is 0.140 e. The van der Waals surface area contributed by atoms with Gasteiger partial charge in [-0.2, -0.15) is 0 Å². The number of hydrogen-bond donors (Lipinski definition) is 1. The maximum atomic E-state index is 5.91. The van der Waals surface area contributed by atoms with Crippen LogP contribution in [-0.4, -0.2) is 19.1 Å². The first-order valence-electron chi connectivity index (χ1n) is 6.95. The van der Waals surface area contributed by atoms with Crippen LogP contribution in [0.15, 0.2) is 18.2 Å². The van der Waals surface area contributed by atoms with Crippen molar-refractivity contribution < 1.29 is 9.47 Å². The highest BCUT2D eigenvalue weighted by Gasteiger charge is 2.11. The molecule has 0 saturated heterocycles. The van der Waals surface area contributed by atoms with E-state index in [0.717, 1.165) is 23.0 Å². The molecule has 0 spiro atoms. The van der Waals surface area contributed by atoms with E-state index in [2.05, 4.69) is 30.2 Å². The Bertz CT molecular complexity index is 572. The van der Waals surface area contributed by atoms with Gasteiger partial charge in [0.2, 0.25) is 0 Å². The highest BCUT2D eigenvalue weighted by atomic mass is 32.1. The number of thiazole rings is 1. The van der Waals surface area contributed by atoms with E-state index in [1.165, 1.54) is 16.0 Å². The molecule has 0 saturated carbocycles. The second-order valence-corrected chi connectivity index (χ2v) is 6.10. The highest BCUT2D eigenvalue weighted by molar-refractivity contribution is 7.11. The standard InChI is InChI=1S/C16H22N2O2S/c1-11-6-5-7-14(12(11)2)20-10-16-18-13(9-19-4)15(21-16)8-17-3/h5-7,17H,8-10H2,1-4H3. The number of nitrogens with one attached hydrogen (secondary N) is 1. The molecule has 1 aromatic carbocycles. The van der Waals surface area contributed by atoms with E-state index >= 15 is 0 Å². The van der Waals surface area contributed by atoms with Crippen LogP contribution in [0.25, 0.3) is 0 Å². The van der Waals surface area contributed by atoms with Crippen molar-refractivity contribution in [1.29, 1.82) is 0 Å². The number of hydrogen-bond acceptors (Lipinski definition) is 5. The number of methoxy groups -OCH3 is 1. The molecule has 4 nitrogen and oxygen atoms in total. The van der Waals surface area contributed by atoms with Crippen LogP contribution >= 0.6 is 11.3 Å². The fourth-order valence-corrected chi connectivity index (χ4v) is 3.06. The SMILES string of the molecule is CNCc1sc(COc2cccc(C)c2C)nc1COC. The van der Waals surface area contributed by atoms with Gasteiger partial charge < -0.3 is 14.8 Å². The number of benzene rings is 1. The third-order valence-corrected chi connectivity index (χ3v) is 4.42. The van der Waals surface area contributed by atoms with Crippen LogP contribution < -0.4 is 10.1 Å². The average molecular weight is 306 g/mol. The van der Waals surface area contributed by atoms with Crippen LogP contribution in [0.5, 0.6) is 5.75 Å². The molecule has 0 radical (unpaired) electrons. The topological polar surface area (TPSA) is 43.4 Å². The predicted octanol–water partition coefficient (Wildman–Crippen LogP) is 3.20. The van der Waals surface area contributed by atoms with Gasteiger partial charge >= 0.3 is 0 Å². The summed E-state index contributed by atoms with van der Waals surface area (Å²) >= 11 is 1.67. The summed E-state index contributed by atoms with van der Waals surface area (Å²) in [6, 6.07) is 6.11. The van der Waals surface area contributed by atoms with E-state index in [4.69, 9.17) is 9.47 Å². The molecule has 0 amide bonds. The third kappa shape index (κ3) is 4.03. The van der Waals surface area contributed by atoms with Crippen molar-refractivity contribution in [2.75, 3.05) is 14.2 Å². The molecule has 21 heavy (non-hydrogen) atoms. The lowest BCUT2D eigenvalue weighted by Crippen LogP contribution is -2.06. The molecule has 1 aromatic heterocycles. The zero-order valence-corrected chi connectivity index (χ0v) is 13.8. The summed E-state index contributed by atoms with van der Waals surface area (Å²) < 4.78 is 11.1. The van der Waals surface area contributed by atoms with Crippen LogP contribution in [0, 0.1) is 13.8 Å². The van der Waals surface area contributed by atoms with Crippen molar-refractivity contribution in [3.8, 4) is 5.75 Å². The van der Waals surface area contributed by atoms with Gasteiger partial charge in [0.25, 0.3) is 0 Å². The summed E-state index contributed by atoms with van der Waals surface area (Å²) in [6.07, 6.45) is 0. The molecule has 0 aliphatic heterocycles. The quantitative estimate of drug-likeness (QED) is 0.853. The minimum absolute atomic E-state index is 0.495. The van der Waals surface area contributed by atoms with E-state index in [0.29, 0.717) is 13.2 Å². The lowest BCUT2D eigenvalue weighted by Gasteiger charge is -2.09. The molecule has 0 atom stereocenters. The number of nitrogens with zero attached hydrogens (tertiary/aromatic N) is 1. The Hall–Kier alpha value is -1.43. The molecule has 0 aliphatic rings. The molecule has 2 rings (SSSR count). The fourth-order valence-electron chi connectivity index (χ4n) is 2.07. The first-order chi connectivity index (χ1) is 10.2.